The summed E-state index contributed by atoms with van der Waals surface area (Å²) in [7, 11) is 0. The van der Waals surface area contributed by atoms with Gasteiger partial charge in [0.25, 0.3) is 5.88 Å². The first kappa shape index (κ1) is 16.8. The summed E-state index contributed by atoms with van der Waals surface area (Å²) in [4.78, 5) is 24.7. The number of amides is 1. The van der Waals surface area contributed by atoms with Crippen LogP contribution < -0.4 is 15.4 Å². The fourth-order valence-corrected chi connectivity index (χ4v) is 2.91. The molecule has 0 saturated heterocycles. The monoisotopic (exact) mass is 355 g/mol. The SMILES string of the molecule is Cc1cc(NC(=O)Oc2nc(C)sc2Nc2cccnc2C)ccn1. The number of hydrogen-bond acceptors (Lipinski definition) is 7. The van der Waals surface area contributed by atoms with Gasteiger partial charge in [-0.25, -0.2) is 9.78 Å². The van der Waals surface area contributed by atoms with Crippen LogP contribution in [0.5, 0.6) is 5.88 Å². The van der Waals surface area contributed by atoms with E-state index >= 15 is 0 Å². The van der Waals surface area contributed by atoms with Gasteiger partial charge in [0.15, 0.2) is 5.00 Å². The number of hydrogen-bond donors (Lipinski definition) is 2. The largest absolute Gasteiger partial charge is 0.418 e. The first-order valence-electron chi connectivity index (χ1n) is 7.59. The standard InChI is InChI=1S/C17H17N5O2S/c1-10-9-13(6-8-18-10)21-17(23)24-15-16(25-12(3)20-15)22-14-5-4-7-19-11(14)2/h4-9,22H,1-3H3,(H,18,21,23). The number of anilines is 3. The van der Waals surface area contributed by atoms with Crippen LogP contribution in [0.4, 0.5) is 21.2 Å². The van der Waals surface area contributed by atoms with E-state index in [-0.39, 0.29) is 5.88 Å². The van der Waals surface area contributed by atoms with Gasteiger partial charge in [-0.05, 0) is 45.0 Å². The molecule has 0 radical (unpaired) electrons. The molecule has 3 aromatic heterocycles. The Kier molecular flexibility index (Phi) is 4.90. The molecule has 0 bridgehead atoms. The number of aryl methyl sites for hydroxylation is 3. The van der Waals surface area contributed by atoms with Crippen molar-refractivity contribution in [1.82, 2.24) is 15.0 Å². The zero-order valence-corrected chi connectivity index (χ0v) is 14.8. The fraction of sp³-hybridized carbons (Fsp3) is 0.176. The van der Waals surface area contributed by atoms with E-state index in [0.29, 0.717) is 10.7 Å². The molecule has 2 N–H and O–H groups in total. The van der Waals surface area contributed by atoms with Crippen LogP contribution >= 0.6 is 11.3 Å². The molecular formula is C17H17N5O2S. The van der Waals surface area contributed by atoms with Crippen molar-refractivity contribution in [3.05, 3.63) is 53.1 Å². The molecule has 3 aromatic rings. The number of carbonyl (C=O) groups is 1. The molecule has 3 rings (SSSR count). The number of pyridine rings is 2. The number of carbonyl (C=O) groups excluding carboxylic acids is 1. The van der Waals surface area contributed by atoms with E-state index in [9.17, 15) is 4.79 Å². The van der Waals surface area contributed by atoms with Crippen LogP contribution in [0.2, 0.25) is 0 Å². The molecule has 0 aliphatic rings. The molecule has 0 unspecified atom stereocenters. The number of nitrogens with one attached hydrogen (secondary N) is 2. The van der Waals surface area contributed by atoms with Gasteiger partial charge in [0.05, 0.1) is 16.4 Å². The van der Waals surface area contributed by atoms with E-state index in [1.54, 1.807) is 24.5 Å². The minimum absolute atomic E-state index is 0.231. The van der Waals surface area contributed by atoms with Crippen LogP contribution in [0.15, 0.2) is 36.7 Å². The van der Waals surface area contributed by atoms with Crippen LogP contribution in [-0.2, 0) is 0 Å². The van der Waals surface area contributed by atoms with Crippen molar-refractivity contribution < 1.29 is 9.53 Å². The lowest BCUT2D eigenvalue weighted by Gasteiger charge is -2.09. The third kappa shape index (κ3) is 4.30. The minimum atomic E-state index is -0.609. The Labute approximate surface area is 149 Å². The summed E-state index contributed by atoms with van der Waals surface area (Å²) in [6.07, 6.45) is 2.73. The van der Waals surface area contributed by atoms with Crippen molar-refractivity contribution >= 4 is 33.8 Å². The van der Waals surface area contributed by atoms with Gasteiger partial charge < -0.3 is 10.1 Å². The van der Waals surface area contributed by atoms with Gasteiger partial charge in [0, 0.05) is 23.8 Å². The molecular weight excluding hydrogens is 338 g/mol. The first-order valence-corrected chi connectivity index (χ1v) is 8.40. The molecule has 3 heterocycles. The maximum Gasteiger partial charge on any atom is 0.418 e. The van der Waals surface area contributed by atoms with E-state index in [1.807, 2.05) is 32.9 Å². The molecule has 0 aliphatic heterocycles. The van der Waals surface area contributed by atoms with Gasteiger partial charge in [-0.1, -0.05) is 11.3 Å². The molecule has 128 valence electrons. The topological polar surface area (TPSA) is 89.0 Å². The Morgan fingerprint density at radius 2 is 2.00 bits per heavy atom. The van der Waals surface area contributed by atoms with E-state index in [1.165, 1.54) is 11.3 Å². The van der Waals surface area contributed by atoms with Crippen LogP contribution in [0.1, 0.15) is 16.4 Å². The van der Waals surface area contributed by atoms with Crippen molar-refractivity contribution in [3.63, 3.8) is 0 Å². The summed E-state index contributed by atoms with van der Waals surface area (Å²) in [5.74, 6) is 0.231. The highest BCUT2D eigenvalue weighted by Crippen LogP contribution is 2.34. The summed E-state index contributed by atoms with van der Waals surface area (Å²) >= 11 is 1.40. The summed E-state index contributed by atoms with van der Waals surface area (Å²) in [6, 6.07) is 7.19. The highest BCUT2D eigenvalue weighted by atomic mass is 32.1. The Morgan fingerprint density at radius 1 is 1.16 bits per heavy atom. The third-order valence-electron chi connectivity index (χ3n) is 3.29. The van der Waals surface area contributed by atoms with Gasteiger partial charge in [-0.15, -0.1) is 0 Å². The highest BCUT2D eigenvalue weighted by molar-refractivity contribution is 7.16. The molecule has 7 nitrogen and oxygen atoms in total. The lowest BCUT2D eigenvalue weighted by molar-refractivity contribution is 0.214. The van der Waals surface area contributed by atoms with Crippen molar-refractivity contribution in [3.8, 4) is 5.88 Å². The molecule has 0 aromatic carbocycles. The van der Waals surface area contributed by atoms with Gasteiger partial charge in [0.1, 0.15) is 0 Å². The van der Waals surface area contributed by atoms with E-state index in [2.05, 4.69) is 25.6 Å². The number of rotatable bonds is 4. The average molecular weight is 355 g/mol. The van der Waals surface area contributed by atoms with Crippen molar-refractivity contribution in [2.24, 2.45) is 0 Å². The molecule has 0 fully saturated rings. The molecule has 0 spiro atoms. The van der Waals surface area contributed by atoms with Crippen molar-refractivity contribution in [1.29, 1.82) is 0 Å². The Bertz CT molecular complexity index is 910. The van der Waals surface area contributed by atoms with Crippen LogP contribution in [0.25, 0.3) is 0 Å². The first-order chi connectivity index (χ1) is 12.0. The summed E-state index contributed by atoms with van der Waals surface area (Å²) < 4.78 is 5.37. The van der Waals surface area contributed by atoms with Crippen LogP contribution in [0, 0.1) is 20.8 Å². The Balaban J connectivity index is 1.74. The van der Waals surface area contributed by atoms with Crippen LogP contribution in [-0.4, -0.2) is 21.0 Å². The van der Waals surface area contributed by atoms with E-state index < -0.39 is 6.09 Å². The van der Waals surface area contributed by atoms with E-state index in [4.69, 9.17) is 4.74 Å². The number of aromatic nitrogens is 3. The zero-order chi connectivity index (χ0) is 17.8. The predicted molar refractivity (Wildman–Crippen MR) is 97.7 cm³/mol. The number of nitrogens with zero attached hydrogens (tertiary/aromatic N) is 3. The Hall–Kier alpha value is -3.00. The third-order valence-corrected chi connectivity index (χ3v) is 4.16. The van der Waals surface area contributed by atoms with Gasteiger partial charge in [-0.3, -0.25) is 15.3 Å². The predicted octanol–water partition coefficient (Wildman–Crippen LogP) is 4.21. The smallest absolute Gasteiger partial charge is 0.388 e. The Morgan fingerprint density at radius 3 is 2.76 bits per heavy atom. The fourth-order valence-electron chi connectivity index (χ4n) is 2.15. The molecule has 0 atom stereocenters. The molecule has 0 aliphatic carbocycles. The minimum Gasteiger partial charge on any atom is -0.388 e. The van der Waals surface area contributed by atoms with Gasteiger partial charge >= 0.3 is 6.09 Å². The van der Waals surface area contributed by atoms with Crippen LogP contribution in [0.3, 0.4) is 0 Å². The average Bonchev–Trinajstić information content (AvgIpc) is 2.88. The number of ether oxygens (including phenoxy) is 1. The summed E-state index contributed by atoms with van der Waals surface area (Å²) in [6.45, 7) is 5.59. The maximum absolute atomic E-state index is 12.1. The second-order valence-electron chi connectivity index (χ2n) is 5.33. The van der Waals surface area contributed by atoms with Gasteiger partial charge in [-0.2, -0.15) is 0 Å². The quantitative estimate of drug-likeness (QED) is 0.728. The summed E-state index contributed by atoms with van der Waals surface area (Å²) in [5, 5.41) is 7.32. The lowest BCUT2D eigenvalue weighted by Crippen LogP contribution is -2.17. The maximum atomic E-state index is 12.1. The normalized spacial score (nSPS) is 10.4. The molecule has 1 amide bonds. The number of thiazole rings is 1. The molecule has 8 heteroatoms. The van der Waals surface area contributed by atoms with E-state index in [0.717, 1.165) is 22.1 Å². The molecule has 0 saturated carbocycles. The van der Waals surface area contributed by atoms with Crippen molar-refractivity contribution in [2.45, 2.75) is 20.8 Å². The zero-order valence-electron chi connectivity index (χ0n) is 14.0. The highest BCUT2D eigenvalue weighted by Gasteiger charge is 2.16. The second kappa shape index (κ2) is 7.27. The van der Waals surface area contributed by atoms with Crippen molar-refractivity contribution in [2.75, 3.05) is 10.6 Å². The lowest BCUT2D eigenvalue weighted by atomic mass is 10.3. The second-order valence-corrected chi connectivity index (χ2v) is 6.53. The summed E-state index contributed by atoms with van der Waals surface area (Å²) in [5.41, 5.74) is 3.09. The molecule has 25 heavy (non-hydrogen) atoms. The van der Waals surface area contributed by atoms with Gasteiger partial charge in [0.2, 0.25) is 0 Å².